The van der Waals surface area contributed by atoms with Crippen LogP contribution < -0.4 is 10.1 Å². The van der Waals surface area contributed by atoms with Gasteiger partial charge >= 0.3 is 5.97 Å². The van der Waals surface area contributed by atoms with E-state index in [-0.39, 0.29) is 5.97 Å². The van der Waals surface area contributed by atoms with Crippen LogP contribution in [0.25, 0.3) is 0 Å². The van der Waals surface area contributed by atoms with Gasteiger partial charge < -0.3 is 9.47 Å². The maximum atomic E-state index is 12.6. The van der Waals surface area contributed by atoms with E-state index in [1.165, 1.54) is 5.56 Å². The Balaban J connectivity index is 2.50. The van der Waals surface area contributed by atoms with Crippen molar-refractivity contribution < 1.29 is 14.3 Å². The highest BCUT2D eigenvalue weighted by Gasteiger charge is 2.44. The van der Waals surface area contributed by atoms with Crippen LogP contribution in [0.15, 0.2) is 30.9 Å². The molecular formula is C17H23NO3. The van der Waals surface area contributed by atoms with Crippen molar-refractivity contribution in [2.45, 2.75) is 31.7 Å². The molecule has 0 aliphatic heterocycles. The quantitative estimate of drug-likeness (QED) is 0.646. The van der Waals surface area contributed by atoms with Crippen LogP contribution in [0.1, 0.15) is 30.9 Å². The number of esters is 1. The van der Waals surface area contributed by atoms with Crippen molar-refractivity contribution >= 4 is 5.97 Å². The summed E-state index contributed by atoms with van der Waals surface area (Å²) in [6, 6.07) is 5.92. The number of ether oxygens (including phenoxy) is 2. The molecule has 1 atom stereocenters. The normalized spacial score (nSPS) is 20.5. The average Bonchev–Trinajstić information content (AvgIpc) is 2.52. The number of hydrogen-bond donors (Lipinski definition) is 1. The highest BCUT2D eigenvalue weighted by Crippen LogP contribution is 2.38. The topological polar surface area (TPSA) is 47.6 Å². The molecule has 4 heteroatoms. The summed E-state index contributed by atoms with van der Waals surface area (Å²) in [4.78, 5) is 12.6. The Morgan fingerprint density at radius 3 is 3.00 bits per heavy atom. The second-order valence-electron chi connectivity index (χ2n) is 5.17. The Bertz CT molecular complexity index is 527. The summed E-state index contributed by atoms with van der Waals surface area (Å²) < 4.78 is 10.7. The number of benzene rings is 1. The summed E-state index contributed by atoms with van der Waals surface area (Å²) in [5.74, 6) is 0.533. The van der Waals surface area contributed by atoms with Gasteiger partial charge in [0.15, 0.2) is 0 Å². The summed E-state index contributed by atoms with van der Waals surface area (Å²) in [6.07, 6.45) is 4.40. The minimum atomic E-state index is -0.799. The molecular weight excluding hydrogens is 266 g/mol. The fraction of sp³-hybridized carbons (Fsp3) is 0.471. The molecule has 1 aliphatic carbocycles. The molecule has 114 valence electrons. The molecule has 0 fully saturated rings. The monoisotopic (exact) mass is 289 g/mol. The van der Waals surface area contributed by atoms with Crippen molar-refractivity contribution in [3.8, 4) is 5.75 Å². The molecule has 1 aromatic rings. The molecule has 0 saturated heterocycles. The van der Waals surface area contributed by atoms with E-state index in [1.807, 2.05) is 25.1 Å². The first kappa shape index (κ1) is 15.6. The van der Waals surface area contributed by atoms with E-state index < -0.39 is 5.54 Å². The summed E-state index contributed by atoms with van der Waals surface area (Å²) >= 11 is 0. The molecule has 0 radical (unpaired) electrons. The molecule has 1 aromatic carbocycles. The van der Waals surface area contributed by atoms with E-state index in [1.54, 1.807) is 13.2 Å². The van der Waals surface area contributed by atoms with Gasteiger partial charge in [0.2, 0.25) is 0 Å². The Morgan fingerprint density at radius 1 is 1.52 bits per heavy atom. The van der Waals surface area contributed by atoms with Crippen LogP contribution >= 0.6 is 0 Å². The van der Waals surface area contributed by atoms with Gasteiger partial charge in [-0.15, -0.1) is 6.58 Å². The zero-order chi connectivity index (χ0) is 15.3. The van der Waals surface area contributed by atoms with Gasteiger partial charge in [0.1, 0.15) is 11.3 Å². The van der Waals surface area contributed by atoms with Crippen molar-refractivity contribution in [2.75, 3.05) is 20.3 Å². The summed E-state index contributed by atoms with van der Waals surface area (Å²) in [7, 11) is 1.63. The Labute approximate surface area is 126 Å². The van der Waals surface area contributed by atoms with E-state index >= 15 is 0 Å². The van der Waals surface area contributed by atoms with Gasteiger partial charge in [0.25, 0.3) is 0 Å². The molecule has 1 unspecified atom stereocenters. The van der Waals surface area contributed by atoms with Gasteiger partial charge in [-0.05, 0) is 49.4 Å². The molecule has 21 heavy (non-hydrogen) atoms. The van der Waals surface area contributed by atoms with E-state index in [4.69, 9.17) is 9.47 Å². The Hall–Kier alpha value is -1.81. The zero-order valence-corrected chi connectivity index (χ0v) is 12.8. The van der Waals surface area contributed by atoms with Gasteiger partial charge in [-0.2, -0.15) is 0 Å². The SMILES string of the molecule is C=CCNC1(C(=O)OCC)CCCc2ccc(OC)cc21. The molecule has 0 bridgehead atoms. The maximum Gasteiger partial charge on any atom is 0.331 e. The van der Waals surface area contributed by atoms with Crippen molar-refractivity contribution in [1.29, 1.82) is 0 Å². The Morgan fingerprint density at radius 2 is 2.33 bits per heavy atom. The lowest BCUT2D eigenvalue weighted by molar-refractivity contribution is -0.152. The lowest BCUT2D eigenvalue weighted by atomic mass is 9.76. The first-order valence-electron chi connectivity index (χ1n) is 7.38. The number of fused-ring (bicyclic) bond motifs is 1. The minimum Gasteiger partial charge on any atom is -0.497 e. The van der Waals surface area contributed by atoms with Crippen LogP contribution in [0.4, 0.5) is 0 Å². The molecule has 2 rings (SSSR count). The highest BCUT2D eigenvalue weighted by atomic mass is 16.5. The maximum absolute atomic E-state index is 12.6. The second kappa shape index (κ2) is 6.76. The molecule has 0 amide bonds. The predicted molar refractivity (Wildman–Crippen MR) is 82.4 cm³/mol. The fourth-order valence-electron chi connectivity index (χ4n) is 2.94. The van der Waals surface area contributed by atoms with Crippen LogP contribution in [0.5, 0.6) is 5.75 Å². The molecule has 0 aromatic heterocycles. The number of hydrogen-bond acceptors (Lipinski definition) is 4. The predicted octanol–water partition coefficient (Wildman–Crippen LogP) is 2.57. The Kier molecular flexibility index (Phi) is 5.02. The van der Waals surface area contributed by atoms with Crippen molar-refractivity contribution in [3.63, 3.8) is 0 Å². The first-order chi connectivity index (χ1) is 10.2. The fourth-order valence-corrected chi connectivity index (χ4v) is 2.94. The molecule has 0 saturated carbocycles. The number of carbonyl (C=O) groups excluding carboxylic acids is 1. The third kappa shape index (κ3) is 2.95. The van der Waals surface area contributed by atoms with E-state index in [0.29, 0.717) is 13.2 Å². The van der Waals surface area contributed by atoms with Crippen LogP contribution in [-0.2, 0) is 21.5 Å². The average molecular weight is 289 g/mol. The first-order valence-corrected chi connectivity index (χ1v) is 7.38. The van der Waals surface area contributed by atoms with Gasteiger partial charge in [-0.3, -0.25) is 5.32 Å². The molecule has 0 heterocycles. The van der Waals surface area contributed by atoms with Crippen molar-refractivity contribution in [3.05, 3.63) is 42.0 Å². The number of nitrogens with one attached hydrogen (secondary N) is 1. The van der Waals surface area contributed by atoms with Crippen LogP contribution in [0.2, 0.25) is 0 Å². The summed E-state index contributed by atoms with van der Waals surface area (Å²) in [5, 5.41) is 3.33. The number of rotatable bonds is 6. The summed E-state index contributed by atoms with van der Waals surface area (Å²) in [6.45, 7) is 6.48. The van der Waals surface area contributed by atoms with Gasteiger partial charge in [-0.25, -0.2) is 4.79 Å². The molecule has 1 aliphatic rings. The van der Waals surface area contributed by atoms with Gasteiger partial charge in [0.05, 0.1) is 13.7 Å². The summed E-state index contributed by atoms with van der Waals surface area (Å²) in [5.41, 5.74) is 1.34. The lowest BCUT2D eigenvalue weighted by Crippen LogP contribution is -2.52. The molecule has 1 N–H and O–H groups in total. The molecule has 4 nitrogen and oxygen atoms in total. The number of methoxy groups -OCH3 is 1. The third-order valence-corrected chi connectivity index (χ3v) is 3.95. The van der Waals surface area contributed by atoms with Crippen LogP contribution in [0, 0.1) is 0 Å². The van der Waals surface area contributed by atoms with E-state index in [9.17, 15) is 4.79 Å². The third-order valence-electron chi connectivity index (χ3n) is 3.95. The van der Waals surface area contributed by atoms with Gasteiger partial charge in [0, 0.05) is 6.54 Å². The van der Waals surface area contributed by atoms with Gasteiger partial charge in [-0.1, -0.05) is 12.1 Å². The van der Waals surface area contributed by atoms with Crippen molar-refractivity contribution in [1.82, 2.24) is 5.32 Å². The smallest absolute Gasteiger partial charge is 0.331 e. The standard InChI is InChI=1S/C17H23NO3/c1-4-11-18-17(16(19)21-5-2)10-6-7-13-8-9-14(20-3)12-15(13)17/h4,8-9,12,18H,1,5-7,10-11H2,2-3H3. The molecule has 0 spiro atoms. The lowest BCUT2D eigenvalue weighted by Gasteiger charge is -2.37. The minimum absolute atomic E-state index is 0.221. The highest BCUT2D eigenvalue weighted by molar-refractivity contribution is 5.84. The zero-order valence-electron chi connectivity index (χ0n) is 12.8. The van der Waals surface area contributed by atoms with Crippen LogP contribution in [-0.4, -0.2) is 26.2 Å². The van der Waals surface area contributed by atoms with E-state index in [0.717, 1.165) is 30.6 Å². The largest absolute Gasteiger partial charge is 0.497 e. The second-order valence-corrected chi connectivity index (χ2v) is 5.17. The van der Waals surface area contributed by atoms with Crippen LogP contribution in [0.3, 0.4) is 0 Å². The number of carbonyl (C=O) groups is 1. The number of aryl methyl sites for hydroxylation is 1. The van der Waals surface area contributed by atoms with Crippen molar-refractivity contribution in [2.24, 2.45) is 0 Å². The van der Waals surface area contributed by atoms with E-state index in [2.05, 4.69) is 11.9 Å².